The number of fused-ring (bicyclic) bond motifs is 1. The second-order valence-corrected chi connectivity index (χ2v) is 6.02. The molecule has 3 rings (SSSR count). The van der Waals surface area contributed by atoms with E-state index in [9.17, 15) is 9.59 Å². The quantitative estimate of drug-likeness (QED) is 0.735. The summed E-state index contributed by atoms with van der Waals surface area (Å²) >= 11 is 0. The minimum atomic E-state index is -0.700. The van der Waals surface area contributed by atoms with E-state index in [1.807, 2.05) is 32.0 Å². The molecule has 128 valence electrons. The molecule has 0 bridgehead atoms. The van der Waals surface area contributed by atoms with Gasteiger partial charge in [-0.1, -0.05) is 17.7 Å². The Bertz CT molecular complexity index is 990. The summed E-state index contributed by atoms with van der Waals surface area (Å²) in [5, 5.41) is 3.66. The van der Waals surface area contributed by atoms with Crippen LogP contribution in [0.3, 0.4) is 0 Å². The Kier molecular flexibility index (Phi) is 4.57. The number of ether oxygens (including phenoxy) is 1. The van der Waals surface area contributed by atoms with Gasteiger partial charge >= 0.3 is 5.63 Å². The predicted octanol–water partition coefficient (Wildman–Crippen LogP) is 3.82. The second kappa shape index (κ2) is 6.81. The van der Waals surface area contributed by atoms with Crippen molar-refractivity contribution in [2.24, 2.45) is 0 Å². The number of benzene rings is 2. The Hall–Kier alpha value is -3.08. The number of nitrogens with one attached hydrogen (secondary N) is 1. The SMILES string of the molecule is Cc1ccc(NC(=O)C(C)Oc2ccc3ccc(=O)oc3c2)c(C)c1. The van der Waals surface area contributed by atoms with Gasteiger partial charge in [0.05, 0.1) is 0 Å². The average molecular weight is 337 g/mol. The van der Waals surface area contributed by atoms with Crippen molar-refractivity contribution in [3.63, 3.8) is 0 Å². The summed E-state index contributed by atoms with van der Waals surface area (Å²) < 4.78 is 10.8. The van der Waals surface area contributed by atoms with Gasteiger partial charge in [0.1, 0.15) is 11.3 Å². The molecular weight excluding hydrogens is 318 g/mol. The number of anilines is 1. The third-order valence-electron chi connectivity index (χ3n) is 3.92. The minimum Gasteiger partial charge on any atom is -0.481 e. The molecule has 0 fully saturated rings. The summed E-state index contributed by atoms with van der Waals surface area (Å²) in [4.78, 5) is 23.7. The van der Waals surface area contributed by atoms with Gasteiger partial charge in [-0.3, -0.25) is 4.79 Å². The van der Waals surface area contributed by atoms with E-state index >= 15 is 0 Å². The third kappa shape index (κ3) is 3.88. The first-order valence-corrected chi connectivity index (χ1v) is 8.01. The van der Waals surface area contributed by atoms with Crippen LogP contribution < -0.4 is 15.7 Å². The molecule has 5 heteroatoms. The van der Waals surface area contributed by atoms with Crippen LogP contribution in [0.2, 0.25) is 0 Å². The number of carbonyl (C=O) groups is 1. The van der Waals surface area contributed by atoms with E-state index in [1.165, 1.54) is 6.07 Å². The smallest absolute Gasteiger partial charge is 0.336 e. The van der Waals surface area contributed by atoms with Crippen molar-refractivity contribution in [1.29, 1.82) is 0 Å². The van der Waals surface area contributed by atoms with Crippen molar-refractivity contribution in [2.75, 3.05) is 5.32 Å². The highest BCUT2D eigenvalue weighted by Crippen LogP contribution is 2.21. The Morgan fingerprint density at radius 1 is 1.08 bits per heavy atom. The van der Waals surface area contributed by atoms with Gasteiger partial charge in [0.15, 0.2) is 6.10 Å². The minimum absolute atomic E-state index is 0.249. The second-order valence-electron chi connectivity index (χ2n) is 6.02. The summed E-state index contributed by atoms with van der Waals surface area (Å²) in [5.41, 5.74) is 2.89. The Balaban J connectivity index is 1.73. The maximum absolute atomic E-state index is 12.4. The molecular formula is C20H19NO4. The van der Waals surface area contributed by atoms with Gasteiger partial charge in [-0.25, -0.2) is 4.79 Å². The normalized spacial score (nSPS) is 12.0. The lowest BCUT2D eigenvalue weighted by Gasteiger charge is -2.16. The average Bonchev–Trinajstić information content (AvgIpc) is 2.57. The van der Waals surface area contributed by atoms with E-state index in [0.29, 0.717) is 11.3 Å². The first-order valence-electron chi connectivity index (χ1n) is 8.01. The van der Waals surface area contributed by atoms with Crippen LogP contribution in [0.1, 0.15) is 18.1 Å². The van der Waals surface area contributed by atoms with Gasteiger partial charge < -0.3 is 14.5 Å². The summed E-state index contributed by atoms with van der Waals surface area (Å²) in [6.07, 6.45) is -0.700. The van der Waals surface area contributed by atoms with E-state index < -0.39 is 11.7 Å². The molecule has 1 N–H and O–H groups in total. The molecule has 25 heavy (non-hydrogen) atoms. The van der Waals surface area contributed by atoms with Crippen molar-refractivity contribution in [2.45, 2.75) is 26.9 Å². The molecule has 5 nitrogen and oxygen atoms in total. The molecule has 1 amide bonds. The van der Waals surface area contributed by atoms with E-state index in [0.717, 1.165) is 22.2 Å². The first-order chi connectivity index (χ1) is 11.9. The fourth-order valence-corrected chi connectivity index (χ4v) is 2.56. The van der Waals surface area contributed by atoms with Crippen molar-refractivity contribution >= 4 is 22.6 Å². The van der Waals surface area contributed by atoms with Crippen LogP contribution >= 0.6 is 0 Å². The third-order valence-corrected chi connectivity index (χ3v) is 3.92. The molecule has 1 unspecified atom stereocenters. The van der Waals surface area contributed by atoms with Crippen LogP contribution in [0.5, 0.6) is 5.75 Å². The molecule has 1 heterocycles. The van der Waals surface area contributed by atoms with Gasteiger partial charge in [-0.2, -0.15) is 0 Å². The van der Waals surface area contributed by atoms with Gasteiger partial charge in [-0.05, 0) is 50.6 Å². The van der Waals surface area contributed by atoms with Crippen LogP contribution in [-0.4, -0.2) is 12.0 Å². The van der Waals surface area contributed by atoms with Crippen molar-refractivity contribution in [3.8, 4) is 5.75 Å². The zero-order chi connectivity index (χ0) is 18.0. The molecule has 0 radical (unpaired) electrons. The fraction of sp³-hybridized carbons (Fsp3) is 0.200. The van der Waals surface area contributed by atoms with Gasteiger partial charge in [0.25, 0.3) is 5.91 Å². The highest BCUT2D eigenvalue weighted by molar-refractivity contribution is 5.94. The van der Waals surface area contributed by atoms with Crippen molar-refractivity contribution in [3.05, 3.63) is 70.1 Å². The van der Waals surface area contributed by atoms with Crippen molar-refractivity contribution < 1.29 is 13.9 Å². The first kappa shape index (κ1) is 16.8. The van der Waals surface area contributed by atoms with E-state index in [-0.39, 0.29) is 5.91 Å². The Morgan fingerprint density at radius 2 is 1.84 bits per heavy atom. The number of rotatable bonds is 4. The lowest BCUT2D eigenvalue weighted by atomic mass is 10.1. The molecule has 1 atom stereocenters. The summed E-state index contributed by atoms with van der Waals surface area (Å²) in [7, 11) is 0. The molecule has 0 aliphatic rings. The molecule has 0 aliphatic heterocycles. The lowest BCUT2D eigenvalue weighted by molar-refractivity contribution is -0.122. The molecule has 1 aromatic heterocycles. The molecule has 0 spiro atoms. The van der Waals surface area contributed by atoms with E-state index in [1.54, 1.807) is 31.2 Å². The predicted molar refractivity (Wildman–Crippen MR) is 97.1 cm³/mol. The van der Waals surface area contributed by atoms with E-state index in [4.69, 9.17) is 9.15 Å². The molecule has 0 saturated carbocycles. The summed E-state index contributed by atoms with van der Waals surface area (Å²) in [5.74, 6) is 0.215. The molecule has 0 aliphatic carbocycles. The van der Waals surface area contributed by atoms with Crippen LogP contribution in [0, 0.1) is 13.8 Å². The molecule has 0 saturated heterocycles. The number of hydrogen-bond donors (Lipinski definition) is 1. The highest BCUT2D eigenvalue weighted by Gasteiger charge is 2.16. The van der Waals surface area contributed by atoms with Crippen LogP contribution in [-0.2, 0) is 4.79 Å². The number of aryl methyl sites for hydroxylation is 2. The topological polar surface area (TPSA) is 68.5 Å². The number of carbonyl (C=O) groups excluding carboxylic acids is 1. The van der Waals surface area contributed by atoms with Crippen LogP contribution in [0.15, 0.2) is 57.7 Å². The monoisotopic (exact) mass is 337 g/mol. The lowest BCUT2D eigenvalue weighted by Crippen LogP contribution is -2.30. The zero-order valence-electron chi connectivity index (χ0n) is 14.3. The Labute approximate surface area is 145 Å². The summed E-state index contributed by atoms with van der Waals surface area (Å²) in [6.45, 7) is 5.62. The van der Waals surface area contributed by atoms with E-state index in [2.05, 4.69) is 5.32 Å². The van der Waals surface area contributed by atoms with Gasteiger partial charge in [0.2, 0.25) is 0 Å². The van der Waals surface area contributed by atoms with Crippen LogP contribution in [0.25, 0.3) is 11.0 Å². The fourth-order valence-electron chi connectivity index (χ4n) is 2.56. The van der Waals surface area contributed by atoms with Crippen LogP contribution in [0.4, 0.5) is 5.69 Å². The summed E-state index contributed by atoms with van der Waals surface area (Å²) in [6, 6.07) is 14.0. The number of amides is 1. The number of hydrogen-bond acceptors (Lipinski definition) is 4. The standard InChI is InChI=1S/C20H19NO4/c1-12-4-8-17(13(2)10-12)21-20(23)14(3)24-16-7-5-15-6-9-19(22)25-18(15)11-16/h4-11,14H,1-3H3,(H,21,23). The maximum atomic E-state index is 12.4. The zero-order valence-corrected chi connectivity index (χ0v) is 14.3. The largest absolute Gasteiger partial charge is 0.481 e. The van der Waals surface area contributed by atoms with Gasteiger partial charge in [0, 0.05) is 23.2 Å². The molecule has 2 aromatic carbocycles. The van der Waals surface area contributed by atoms with Gasteiger partial charge in [-0.15, -0.1) is 0 Å². The maximum Gasteiger partial charge on any atom is 0.336 e. The molecule has 3 aromatic rings. The van der Waals surface area contributed by atoms with Crippen molar-refractivity contribution in [1.82, 2.24) is 0 Å². The Morgan fingerprint density at radius 3 is 2.60 bits per heavy atom. The highest BCUT2D eigenvalue weighted by atomic mass is 16.5.